The minimum absolute atomic E-state index is 0.375. The Labute approximate surface area is 123 Å². The van der Waals surface area contributed by atoms with Crippen LogP contribution in [0, 0.1) is 0 Å². The number of nitrogens with one attached hydrogen (secondary N) is 1. The number of hydrogen-bond donors (Lipinski definition) is 1. The van der Waals surface area contributed by atoms with E-state index in [1.807, 2.05) is 12.3 Å². The van der Waals surface area contributed by atoms with E-state index in [0.29, 0.717) is 29.9 Å². The van der Waals surface area contributed by atoms with E-state index in [1.165, 1.54) is 0 Å². The molecule has 0 aliphatic carbocycles. The van der Waals surface area contributed by atoms with Gasteiger partial charge in [-0.25, -0.2) is 0 Å². The molecule has 3 aromatic rings. The van der Waals surface area contributed by atoms with Gasteiger partial charge in [0, 0.05) is 11.9 Å². The van der Waals surface area contributed by atoms with E-state index in [9.17, 15) is 0 Å². The highest BCUT2D eigenvalue weighted by molar-refractivity contribution is 9.10. The largest absolute Gasteiger partial charge is 0.332 e. The zero-order valence-electron chi connectivity index (χ0n) is 11.0. The van der Waals surface area contributed by atoms with E-state index < -0.39 is 0 Å². The molecule has 3 rings (SSSR count). The van der Waals surface area contributed by atoms with Gasteiger partial charge in [-0.15, -0.1) is 0 Å². The molecule has 0 bridgehead atoms. The number of aromatic amines is 1. The minimum atomic E-state index is 0.375. The fourth-order valence-electron chi connectivity index (χ4n) is 1.73. The van der Waals surface area contributed by atoms with E-state index in [0.717, 1.165) is 10.2 Å². The molecule has 0 radical (unpaired) electrons. The van der Waals surface area contributed by atoms with Gasteiger partial charge in [0.2, 0.25) is 0 Å². The van der Waals surface area contributed by atoms with Crippen LogP contribution in [0.2, 0.25) is 0 Å². The number of nitrogens with zero attached hydrogens (tertiary/aromatic N) is 5. The number of hydrogen-bond acceptors (Lipinski definition) is 5. The van der Waals surface area contributed by atoms with E-state index in [4.69, 9.17) is 4.52 Å². The molecule has 3 aromatic heterocycles. The van der Waals surface area contributed by atoms with Gasteiger partial charge in [0.1, 0.15) is 6.54 Å². The molecule has 0 saturated heterocycles. The molecule has 0 atom stereocenters. The van der Waals surface area contributed by atoms with Crippen LogP contribution in [0.15, 0.2) is 27.5 Å². The Morgan fingerprint density at radius 1 is 1.45 bits per heavy atom. The number of rotatable bonds is 4. The van der Waals surface area contributed by atoms with Crippen LogP contribution in [0.5, 0.6) is 0 Å². The summed E-state index contributed by atoms with van der Waals surface area (Å²) in [6.45, 7) is 4.63. The second kappa shape index (κ2) is 5.20. The molecule has 0 spiro atoms. The second-order valence-electron chi connectivity index (χ2n) is 4.74. The van der Waals surface area contributed by atoms with Crippen LogP contribution in [0.1, 0.15) is 31.3 Å². The maximum Gasteiger partial charge on any atom is 0.278 e. The molecule has 3 heterocycles. The Hall–Kier alpha value is -1.96. The Kier molecular flexibility index (Phi) is 3.39. The molecule has 0 fully saturated rings. The van der Waals surface area contributed by atoms with Crippen molar-refractivity contribution in [3.8, 4) is 11.6 Å². The highest BCUT2D eigenvalue weighted by Gasteiger charge is 2.14. The molecule has 1 N–H and O–H groups in total. The van der Waals surface area contributed by atoms with E-state index in [1.54, 1.807) is 10.9 Å². The molecule has 0 amide bonds. The van der Waals surface area contributed by atoms with Crippen LogP contribution in [0.3, 0.4) is 0 Å². The van der Waals surface area contributed by atoms with Crippen molar-refractivity contribution in [2.45, 2.75) is 26.3 Å². The summed E-state index contributed by atoms with van der Waals surface area (Å²) in [5.74, 6) is 1.35. The van der Waals surface area contributed by atoms with Gasteiger partial charge in [-0.3, -0.25) is 9.78 Å². The van der Waals surface area contributed by atoms with E-state index >= 15 is 0 Å². The molecule has 0 aliphatic rings. The molecule has 0 unspecified atom stereocenters. The Morgan fingerprint density at radius 2 is 2.30 bits per heavy atom. The molecule has 20 heavy (non-hydrogen) atoms. The Balaban J connectivity index is 1.78. The third kappa shape index (κ3) is 2.64. The van der Waals surface area contributed by atoms with Gasteiger partial charge in [0.25, 0.3) is 5.89 Å². The second-order valence-corrected chi connectivity index (χ2v) is 5.65. The van der Waals surface area contributed by atoms with Crippen LogP contribution in [0.25, 0.3) is 11.6 Å². The lowest BCUT2D eigenvalue weighted by atomic mass is 10.1. The molecular weight excluding hydrogens is 324 g/mol. The summed E-state index contributed by atoms with van der Waals surface area (Å²) in [5.41, 5.74) is 1.70. The van der Waals surface area contributed by atoms with Crippen LogP contribution in [0.4, 0.5) is 0 Å². The first-order chi connectivity index (χ1) is 9.61. The minimum Gasteiger partial charge on any atom is -0.332 e. The van der Waals surface area contributed by atoms with Crippen LogP contribution < -0.4 is 0 Å². The summed E-state index contributed by atoms with van der Waals surface area (Å²) >= 11 is 3.34. The predicted octanol–water partition coefficient (Wildman–Crippen LogP) is 2.59. The summed E-state index contributed by atoms with van der Waals surface area (Å²) in [5, 5.41) is 15.2. The Morgan fingerprint density at radius 3 is 2.95 bits per heavy atom. The van der Waals surface area contributed by atoms with Crippen molar-refractivity contribution in [1.82, 2.24) is 30.1 Å². The smallest absolute Gasteiger partial charge is 0.278 e. The van der Waals surface area contributed by atoms with E-state index in [-0.39, 0.29) is 0 Å². The molecule has 0 aromatic carbocycles. The lowest BCUT2D eigenvalue weighted by Gasteiger charge is -1.95. The average Bonchev–Trinajstić information content (AvgIpc) is 3.10. The first-order valence-corrected chi connectivity index (χ1v) is 6.97. The SMILES string of the molecule is CC(C)c1cc(-c2nc(Cn3cc(Br)cn3)no2)n[nH]1. The molecular formula is C12H13BrN6O. The first kappa shape index (κ1) is 13.0. The van der Waals surface area contributed by atoms with Crippen molar-refractivity contribution in [3.05, 3.63) is 34.5 Å². The summed E-state index contributed by atoms with van der Waals surface area (Å²) in [4.78, 5) is 4.32. The van der Waals surface area contributed by atoms with Crippen LogP contribution >= 0.6 is 15.9 Å². The third-order valence-electron chi connectivity index (χ3n) is 2.81. The van der Waals surface area contributed by atoms with Crippen molar-refractivity contribution >= 4 is 15.9 Å². The van der Waals surface area contributed by atoms with Gasteiger partial charge in [-0.2, -0.15) is 15.2 Å². The van der Waals surface area contributed by atoms with Crippen molar-refractivity contribution < 1.29 is 4.52 Å². The maximum atomic E-state index is 5.23. The fourth-order valence-corrected chi connectivity index (χ4v) is 2.06. The maximum absolute atomic E-state index is 5.23. The summed E-state index contributed by atoms with van der Waals surface area (Å²) in [7, 11) is 0. The van der Waals surface area contributed by atoms with Crippen molar-refractivity contribution in [2.24, 2.45) is 0 Å². The average molecular weight is 337 g/mol. The zero-order valence-corrected chi connectivity index (χ0v) is 12.6. The van der Waals surface area contributed by atoms with Gasteiger partial charge in [-0.1, -0.05) is 19.0 Å². The lowest BCUT2D eigenvalue weighted by Crippen LogP contribution is -2.01. The molecule has 104 valence electrons. The number of halogens is 1. The monoisotopic (exact) mass is 336 g/mol. The van der Waals surface area contributed by atoms with Gasteiger partial charge < -0.3 is 4.52 Å². The lowest BCUT2D eigenvalue weighted by molar-refractivity contribution is 0.417. The van der Waals surface area contributed by atoms with Gasteiger partial charge in [0.15, 0.2) is 11.5 Å². The molecule has 0 aliphatic heterocycles. The summed E-state index contributed by atoms with van der Waals surface area (Å²) in [6, 6.07) is 1.92. The fraction of sp³-hybridized carbons (Fsp3) is 0.333. The molecule has 0 saturated carbocycles. The summed E-state index contributed by atoms with van der Waals surface area (Å²) in [6.07, 6.45) is 3.56. The molecule has 7 nitrogen and oxygen atoms in total. The van der Waals surface area contributed by atoms with Gasteiger partial charge in [-0.05, 0) is 27.9 Å². The van der Waals surface area contributed by atoms with Crippen LogP contribution in [-0.2, 0) is 6.54 Å². The zero-order chi connectivity index (χ0) is 14.1. The number of aromatic nitrogens is 6. The van der Waals surface area contributed by atoms with Gasteiger partial charge >= 0.3 is 0 Å². The third-order valence-corrected chi connectivity index (χ3v) is 3.22. The highest BCUT2D eigenvalue weighted by atomic mass is 79.9. The number of H-pyrrole nitrogens is 1. The molecule has 8 heteroatoms. The van der Waals surface area contributed by atoms with Crippen molar-refractivity contribution in [3.63, 3.8) is 0 Å². The van der Waals surface area contributed by atoms with Gasteiger partial charge in [0.05, 0.1) is 10.7 Å². The normalized spacial score (nSPS) is 11.4. The quantitative estimate of drug-likeness (QED) is 0.791. The Bertz CT molecular complexity index is 713. The van der Waals surface area contributed by atoms with E-state index in [2.05, 4.69) is 55.2 Å². The topological polar surface area (TPSA) is 85.4 Å². The first-order valence-electron chi connectivity index (χ1n) is 6.18. The van der Waals surface area contributed by atoms with Crippen molar-refractivity contribution in [1.29, 1.82) is 0 Å². The summed E-state index contributed by atoms with van der Waals surface area (Å²) < 4.78 is 7.86. The predicted molar refractivity (Wildman–Crippen MR) is 75.0 cm³/mol. The standard InChI is InChI=1S/C12H13BrN6O/c1-7(2)9-3-10(17-16-9)12-15-11(18-20-12)6-19-5-8(13)4-14-19/h3-5,7H,6H2,1-2H3,(H,16,17). The highest BCUT2D eigenvalue weighted by Crippen LogP contribution is 2.19. The van der Waals surface area contributed by atoms with Crippen molar-refractivity contribution in [2.75, 3.05) is 0 Å². The van der Waals surface area contributed by atoms with Crippen LogP contribution in [-0.4, -0.2) is 30.1 Å².